The highest BCUT2D eigenvalue weighted by Crippen LogP contribution is 2.35. The van der Waals surface area contributed by atoms with Gasteiger partial charge in [-0.25, -0.2) is 0 Å². The van der Waals surface area contributed by atoms with Crippen LogP contribution in [0.2, 0.25) is 10.0 Å². The molecule has 0 radical (unpaired) electrons. The molecule has 1 unspecified atom stereocenters. The molecule has 2 nitrogen and oxygen atoms in total. The quantitative estimate of drug-likeness (QED) is 0.896. The minimum atomic E-state index is -0.723. The molecule has 0 spiro atoms. The van der Waals surface area contributed by atoms with Crippen molar-refractivity contribution >= 4 is 23.2 Å². The Labute approximate surface area is 118 Å². The summed E-state index contributed by atoms with van der Waals surface area (Å²) in [5.41, 5.74) is 0.00637. The number of halogens is 2. The smallest absolute Gasteiger partial charge is 0.0737 e. The molecule has 0 aromatic heterocycles. The summed E-state index contributed by atoms with van der Waals surface area (Å²) in [6.45, 7) is 4.60. The van der Waals surface area contributed by atoms with Crippen molar-refractivity contribution in [2.24, 2.45) is 0 Å². The third kappa shape index (κ3) is 3.39. The van der Waals surface area contributed by atoms with Gasteiger partial charge in [-0.1, -0.05) is 29.3 Å². The summed E-state index contributed by atoms with van der Waals surface area (Å²) in [7, 11) is 0. The van der Waals surface area contributed by atoms with E-state index in [1.807, 2.05) is 26.0 Å². The molecule has 1 saturated heterocycles. The van der Waals surface area contributed by atoms with E-state index in [0.717, 1.165) is 5.56 Å². The molecule has 4 heteroatoms. The van der Waals surface area contributed by atoms with Crippen LogP contribution in [0, 0.1) is 0 Å². The topological polar surface area (TPSA) is 29.5 Å². The molecule has 100 valence electrons. The zero-order chi connectivity index (χ0) is 13.4. The van der Waals surface area contributed by atoms with Gasteiger partial charge in [0.05, 0.1) is 27.9 Å². The highest BCUT2D eigenvalue weighted by Gasteiger charge is 2.39. The third-order valence-corrected chi connectivity index (χ3v) is 4.07. The van der Waals surface area contributed by atoms with Crippen molar-refractivity contribution < 1.29 is 9.84 Å². The summed E-state index contributed by atoms with van der Waals surface area (Å²) in [6, 6.07) is 5.51. The van der Waals surface area contributed by atoms with Gasteiger partial charge in [0, 0.05) is 12.8 Å². The van der Waals surface area contributed by atoms with Gasteiger partial charge in [-0.05, 0) is 38.0 Å². The third-order valence-electron chi connectivity index (χ3n) is 3.33. The van der Waals surface area contributed by atoms with Crippen LogP contribution in [-0.4, -0.2) is 22.9 Å². The summed E-state index contributed by atoms with van der Waals surface area (Å²) in [5.74, 6) is 0. The molecule has 1 fully saturated rings. The van der Waals surface area contributed by atoms with Crippen molar-refractivity contribution in [2.45, 2.75) is 44.3 Å². The van der Waals surface area contributed by atoms with Gasteiger partial charge in [-0.15, -0.1) is 0 Å². The van der Waals surface area contributed by atoms with Gasteiger partial charge in [0.15, 0.2) is 0 Å². The van der Waals surface area contributed by atoms with Gasteiger partial charge in [0.2, 0.25) is 0 Å². The molecule has 1 aromatic carbocycles. The monoisotopic (exact) mass is 288 g/mol. The molecule has 1 aliphatic rings. The highest BCUT2D eigenvalue weighted by atomic mass is 35.5. The maximum atomic E-state index is 10.7. The van der Waals surface area contributed by atoms with E-state index in [4.69, 9.17) is 27.9 Å². The Hall–Kier alpha value is -0.280. The van der Waals surface area contributed by atoms with Crippen LogP contribution in [0.3, 0.4) is 0 Å². The van der Waals surface area contributed by atoms with Crippen LogP contribution in [-0.2, 0) is 11.2 Å². The average Bonchev–Trinajstić information content (AvgIpc) is 2.21. The van der Waals surface area contributed by atoms with E-state index in [1.54, 1.807) is 6.07 Å². The molecule has 1 atom stereocenters. The lowest BCUT2D eigenvalue weighted by Crippen LogP contribution is -2.47. The number of ether oxygens (including phenoxy) is 1. The van der Waals surface area contributed by atoms with E-state index in [1.165, 1.54) is 0 Å². The molecule has 1 aromatic rings. The Balaban J connectivity index is 2.14. The maximum Gasteiger partial charge on any atom is 0.0737 e. The number of hydrogen-bond acceptors (Lipinski definition) is 2. The zero-order valence-electron chi connectivity index (χ0n) is 10.7. The van der Waals surface area contributed by atoms with Crippen LogP contribution >= 0.6 is 23.2 Å². The molecule has 0 saturated carbocycles. The van der Waals surface area contributed by atoms with Crippen molar-refractivity contribution in [3.05, 3.63) is 33.8 Å². The number of hydrogen-bond donors (Lipinski definition) is 1. The van der Waals surface area contributed by atoms with Crippen LogP contribution in [0.4, 0.5) is 0 Å². The normalized spacial score (nSPS) is 27.2. The lowest BCUT2D eigenvalue weighted by atomic mass is 9.80. The standard InChI is InChI=1S/C14H18Cl2O2/c1-13(2)9-14(17,5-6-18-13)8-10-3-4-11(15)12(16)7-10/h3-4,7,17H,5-6,8-9H2,1-2H3. The molecule has 0 bridgehead atoms. The van der Waals surface area contributed by atoms with E-state index in [9.17, 15) is 5.11 Å². The molecule has 18 heavy (non-hydrogen) atoms. The summed E-state index contributed by atoms with van der Waals surface area (Å²) in [5, 5.41) is 11.7. The van der Waals surface area contributed by atoms with E-state index < -0.39 is 5.60 Å². The average molecular weight is 289 g/mol. The predicted molar refractivity (Wildman–Crippen MR) is 74.4 cm³/mol. The maximum absolute atomic E-state index is 10.7. The van der Waals surface area contributed by atoms with E-state index in [2.05, 4.69) is 0 Å². The van der Waals surface area contributed by atoms with Gasteiger partial charge < -0.3 is 9.84 Å². The SMILES string of the molecule is CC1(C)CC(O)(Cc2ccc(Cl)c(Cl)c2)CCO1. The molecule has 1 heterocycles. The van der Waals surface area contributed by atoms with Crippen LogP contribution in [0.15, 0.2) is 18.2 Å². The summed E-state index contributed by atoms with van der Waals surface area (Å²) in [4.78, 5) is 0. The van der Waals surface area contributed by atoms with E-state index >= 15 is 0 Å². The van der Waals surface area contributed by atoms with Gasteiger partial charge in [-0.2, -0.15) is 0 Å². The second-order valence-electron chi connectivity index (χ2n) is 5.68. The second-order valence-corrected chi connectivity index (χ2v) is 6.50. The number of aliphatic hydroxyl groups is 1. The zero-order valence-corrected chi connectivity index (χ0v) is 12.2. The predicted octanol–water partition coefficient (Wildman–Crippen LogP) is 3.86. The molecule has 2 rings (SSSR count). The fraction of sp³-hybridized carbons (Fsp3) is 0.571. The summed E-state index contributed by atoms with van der Waals surface area (Å²) >= 11 is 11.9. The van der Waals surface area contributed by atoms with Crippen LogP contribution in [0.25, 0.3) is 0 Å². The Bertz CT molecular complexity index is 445. The first kappa shape index (κ1) is 14.1. The Kier molecular flexibility index (Phi) is 3.93. The molecule has 1 aliphatic heterocycles. The minimum Gasteiger partial charge on any atom is -0.389 e. The van der Waals surface area contributed by atoms with E-state index in [0.29, 0.717) is 35.9 Å². The van der Waals surface area contributed by atoms with Crippen LogP contribution < -0.4 is 0 Å². The lowest BCUT2D eigenvalue weighted by Gasteiger charge is -2.41. The van der Waals surface area contributed by atoms with Crippen molar-refractivity contribution in [3.63, 3.8) is 0 Å². The molecular weight excluding hydrogens is 271 g/mol. The van der Waals surface area contributed by atoms with Crippen molar-refractivity contribution in [2.75, 3.05) is 6.61 Å². The first-order valence-corrected chi connectivity index (χ1v) is 6.86. The Morgan fingerprint density at radius 2 is 2.00 bits per heavy atom. The first-order valence-electron chi connectivity index (χ1n) is 6.10. The van der Waals surface area contributed by atoms with Gasteiger partial charge in [0.1, 0.15) is 0 Å². The Morgan fingerprint density at radius 3 is 2.61 bits per heavy atom. The van der Waals surface area contributed by atoms with Crippen LogP contribution in [0.5, 0.6) is 0 Å². The molecule has 1 N–H and O–H groups in total. The number of rotatable bonds is 2. The highest BCUT2D eigenvalue weighted by molar-refractivity contribution is 6.42. The number of benzene rings is 1. The minimum absolute atomic E-state index is 0.275. The molecular formula is C14H18Cl2O2. The first-order chi connectivity index (χ1) is 8.30. The second kappa shape index (κ2) is 5.01. The Morgan fingerprint density at radius 1 is 1.28 bits per heavy atom. The van der Waals surface area contributed by atoms with Gasteiger partial charge in [-0.3, -0.25) is 0 Å². The van der Waals surface area contributed by atoms with Crippen molar-refractivity contribution in [1.82, 2.24) is 0 Å². The fourth-order valence-corrected chi connectivity index (χ4v) is 2.95. The van der Waals surface area contributed by atoms with Gasteiger partial charge in [0.25, 0.3) is 0 Å². The van der Waals surface area contributed by atoms with E-state index in [-0.39, 0.29) is 5.60 Å². The molecule has 0 amide bonds. The van der Waals surface area contributed by atoms with Gasteiger partial charge >= 0.3 is 0 Å². The van der Waals surface area contributed by atoms with Crippen molar-refractivity contribution in [3.8, 4) is 0 Å². The van der Waals surface area contributed by atoms with Crippen molar-refractivity contribution in [1.29, 1.82) is 0 Å². The fourth-order valence-electron chi connectivity index (χ4n) is 2.63. The summed E-state index contributed by atoms with van der Waals surface area (Å²) in [6.07, 6.45) is 1.85. The lowest BCUT2D eigenvalue weighted by molar-refractivity contribution is -0.143. The summed E-state index contributed by atoms with van der Waals surface area (Å²) < 4.78 is 5.63. The largest absolute Gasteiger partial charge is 0.389 e. The molecule has 0 aliphatic carbocycles. The van der Waals surface area contributed by atoms with Crippen LogP contribution in [0.1, 0.15) is 32.3 Å².